The summed E-state index contributed by atoms with van der Waals surface area (Å²) in [4.78, 5) is 0. The van der Waals surface area contributed by atoms with E-state index in [2.05, 4.69) is 38.1 Å². The van der Waals surface area contributed by atoms with E-state index in [-0.39, 0.29) is 5.92 Å². The maximum Gasteiger partial charge on any atom is 0.0441 e. The zero-order chi connectivity index (χ0) is 13.8. The fourth-order valence-electron chi connectivity index (χ4n) is 2.53. The molecular weight excluding hydrogens is 275 g/mol. The molecular formula is C17H18Cl2. The van der Waals surface area contributed by atoms with Crippen LogP contribution in [0.15, 0.2) is 42.5 Å². The molecule has 0 bridgehead atoms. The quantitative estimate of drug-likeness (QED) is 0.651. The lowest BCUT2D eigenvalue weighted by Crippen LogP contribution is -2.06. The Hall–Kier alpha value is -0.980. The van der Waals surface area contributed by atoms with Crippen LogP contribution in [0.5, 0.6) is 0 Å². The largest absolute Gasteiger partial charge is 0.126 e. The van der Waals surface area contributed by atoms with Crippen molar-refractivity contribution in [2.24, 2.45) is 0 Å². The van der Waals surface area contributed by atoms with Crippen molar-refractivity contribution in [2.75, 3.05) is 5.88 Å². The molecule has 1 atom stereocenters. The molecule has 0 spiro atoms. The first-order valence-corrected chi connectivity index (χ1v) is 7.39. The SMILES string of the molecule is Cc1cc(C)cc(CC(CCl)c2ccccc2Cl)c1. The van der Waals surface area contributed by atoms with Gasteiger partial charge in [-0.1, -0.05) is 59.1 Å². The molecule has 0 amide bonds. The third-order valence-electron chi connectivity index (χ3n) is 3.29. The van der Waals surface area contributed by atoms with Crippen molar-refractivity contribution in [1.82, 2.24) is 0 Å². The van der Waals surface area contributed by atoms with Crippen molar-refractivity contribution < 1.29 is 0 Å². The van der Waals surface area contributed by atoms with Crippen molar-refractivity contribution >= 4 is 23.2 Å². The number of hydrogen-bond donors (Lipinski definition) is 0. The molecule has 2 heteroatoms. The van der Waals surface area contributed by atoms with Crippen LogP contribution in [0.25, 0.3) is 0 Å². The van der Waals surface area contributed by atoms with Crippen molar-refractivity contribution in [1.29, 1.82) is 0 Å². The van der Waals surface area contributed by atoms with Crippen LogP contribution in [0.2, 0.25) is 5.02 Å². The molecule has 0 nitrogen and oxygen atoms in total. The van der Waals surface area contributed by atoms with Gasteiger partial charge in [-0.2, -0.15) is 0 Å². The van der Waals surface area contributed by atoms with Crippen LogP contribution >= 0.6 is 23.2 Å². The van der Waals surface area contributed by atoms with E-state index in [0.29, 0.717) is 5.88 Å². The highest BCUT2D eigenvalue weighted by molar-refractivity contribution is 6.31. The molecule has 2 aromatic rings. The summed E-state index contributed by atoms with van der Waals surface area (Å²) in [6.45, 7) is 4.25. The Morgan fingerprint density at radius 2 is 1.63 bits per heavy atom. The zero-order valence-corrected chi connectivity index (χ0v) is 12.8. The van der Waals surface area contributed by atoms with E-state index in [1.807, 2.05) is 18.2 Å². The van der Waals surface area contributed by atoms with Gasteiger partial charge in [-0.3, -0.25) is 0 Å². The Bertz CT molecular complexity index is 541. The molecule has 2 aromatic carbocycles. The number of alkyl halides is 1. The fourth-order valence-corrected chi connectivity index (χ4v) is 3.09. The number of aryl methyl sites for hydroxylation is 2. The first-order valence-electron chi connectivity index (χ1n) is 6.47. The molecule has 19 heavy (non-hydrogen) atoms. The van der Waals surface area contributed by atoms with Gasteiger partial charge in [0.1, 0.15) is 0 Å². The molecule has 100 valence electrons. The first-order chi connectivity index (χ1) is 9.10. The Kier molecular flexibility index (Phi) is 4.90. The molecule has 0 radical (unpaired) electrons. The van der Waals surface area contributed by atoms with Gasteiger partial charge in [0.25, 0.3) is 0 Å². The van der Waals surface area contributed by atoms with E-state index >= 15 is 0 Å². The summed E-state index contributed by atoms with van der Waals surface area (Å²) in [6.07, 6.45) is 0.926. The average molecular weight is 293 g/mol. The lowest BCUT2D eigenvalue weighted by Gasteiger charge is -2.16. The maximum absolute atomic E-state index is 6.27. The van der Waals surface area contributed by atoms with Gasteiger partial charge in [0.05, 0.1) is 0 Å². The van der Waals surface area contributed by atoms with Crippen LogP contribution < -0.4 is 0 Å². The summed E-state index contributed by atoms with van der Waals surface area (Å²) in [5, 5.41) is 0.803. The fraction of sp³-hybridized carbons (Fsp3) is 0.294. The van der Waals surface area contributed by atoms with E-state index in [1.165, 1.54) is 16.7 Å². The summed E-state index contributed by atoms with van der Waals surface area (Å²) in [7, 11) is 0. The van der Waals surface area contributed by atoms with Gasteiger partial charge >= 0.3 is 0 Å². The second-order valence-corrected chi connectivity index (χ2v) is 5.79. The summed E-state index contributed by atoms with van der Waals surface area (Å²) >= 11 is 12.4. The van der Waals surface area contributed by atoms with E-state index < -0.39 is 0 Å². The smallest absolute Gasteiger partial charge is 0.0441 e. The highest BCUT2D eigenvalue weighted by Gasteiger charge is 2.14. The monoisotopic (exact) mass is 292 g/mol. The molecule has 2 rings (SSSR count). The average Bonchev–Trinajstić information content (AvgIpc) is 2.36. The minimum atomic E-state index is 0.261. The Labute approximate surface area is 125 Å². The van der Waals surface area contributed by atoms with Crippen molar-refractivity contribution in [3.05, 3.63) is 69.7 Å². The zero-order valence-electron chi connectivity index (χ0n) is 11.3. The highest BCUT2D eigenvalue weighted by atomic mass is 35.5. The van der Waals surface area contributed by atoms with E-state index in [9.17, 15) is 0 Å². The predicted molar refractivity (Wildman–Crippen MR) is 84.5 cm³/mol. The molecule has 1 unspecified atom stereocenters. The third kappa shape index (κ3) is 3.75. The van der Waals surface area contributed by atoms with Gasteiger partial charge in [0.15, 0.2) is 0 Å². The van der Waals surface area contributed by atoms with Gasteiger partial charge in [0, 0.05) is 16.8 Å². The van der Waals surface area contributed by atoms with Gasteiger partial charge < -0.3 is 0 Å². The second-order valence-electron chi connectivity index (χ2n) is 5.07. The molecule has 0 saturated heterocycles. The molecule has 0 heterocycles. The van der Waals surface area contributed by atoms with Crippen molar-refractivity contribution in [2.45, 2.75) is 26.2 Å². The van der Waals surface area contributed by atoms with E-state index in [4.69, 9.17) is 23.2 Å². The van der Waals surface area contributed by atoms with E-state index in [0.717, 1.165) is 17.0 Å². The normalized spacial score (nSPS) is 12.4. The lowest BCUT2D eigenvalue weighted by molar-refractivity contribution is 0.765. The molecule has 0 N–H and O–H groups in total. The standard InChI is InChI=1S/C17H18Cl2/c1-12-7-13(2)9-14(8-12)10-15(11-18)16-5-3-4-6-17(16)19/h3-9,15H,10-11H2,1-2H3. The van der Waals surface area contributed by atoms with Crippen molar-refractivity contribution in [3.8, 4) is 0 Å². The topological polar surface area (TPSA) is 0 Å². The molecule has 0 saturated carbocycles. The summed E-state index contributed by atoms with van der Waals surface area (Å²) in [5.74, 6) is 0.841. The van der Waals surface area contributed by atoms with Gasteiger partial charge in [-0.15, -0.1) is 11.6 Å². The van der Waals surface area contributed by atoms with Gasteiger partial charge in [0.2, 0.25) is 0 Å². The summed E-state index contributed by atoms with van der Waals surface area (Å²) in [5.41, 5.74) is 5.05. The molecule has 0 aliphatic heterocycles. The highest BCUT2D eigenvalue weighted by Crippen LogP contribution is 2.29. The van der Waals surface area contributed by atoms with Crippen LogP contribution in [-0.2, 0) is 6.42 Å². The van der Waals surface area contributed by atoms with Crippen LogP contribution in [0.3, 0.4) is 0 Å². The Morgan fingerprint density at radius 1 is 1.00 bits per heavy atom. The first kappa shape index (κ1) is 14.4. The lowest BCUT2D eigenvalue weighted by atomic mass is 9.92. The van der Waals surface area contributed by atoms with Crippen LogP contribution in [0.1, 0.15) is 28.2 Å². The second kappa shape index (κ2) is 6.45. The molecule has 0 aliphatic rings. The molecule has 0 fully saturated rings. The minimum Gasteiger partial charge on any atom is -0.126 e. The number of rotatable bonds is 4. The Morgan fingerprint density at radius 3 is 2.21 bits per heavy atom. The Balaban J connectivity index is 2.26. The third-order valence-corrected chi connectivity index (χ3v) is 4.01. The van der Waals surface area contributed by atoms with Gasteiger partial charge in [-0.05, 0) is 37.5 Å². The van der Waals surface area contributed by atoms with Crippen LogP contribution in [0.4, 0.5) is 0 Å². The minimum absolute atomic E-state index is 0.261. The molecule has 0 aromatic heterocycles. The predicted octanol–water partition coefficient (Wildman–Crippen LogP) is 5.52. The van der Waals surface area contributed by atoms with Crippen LogP contribution in [-0.4, -0.2) is 5.88 Å². The summed E-state index contributed by atoms with van der Waals surface area (Å²) in [6, 6.07) is 14.6. The maximum atomic E-state index is 6.27. The number of hydrogen-bond acceptors (Lipinski definition) is 0. The van der Waals surface area contributed by atoms with Crippen LogP contribution in [0, 0.1) is 13.8 Å². The van der Waals surface area contributed by atoms with E-state index in [1.54, 1.807) is 0 Å². The van der Waals surface area contributed by atoms with Gasteiger partial charge in [-0.25, -0.2) is 0 Å². The molecule has 0 aliphatic carbocycles. The number of benzene rings is 2. The van der Waals surface area contributed by atoms with Crippen molar-refractivity contribution in [3.63, 3.8) is 0 Å². The number of halogens is 2. The summed E-state index contributed by atoms with van der Waals surface area (Å²) < 4.78 is 0.